The van der Waals surface area contributed by atoms with Crippen molar-refractivity contribution in [1.82, 2.24) is 20.5 Å². The van der Waals surface area contributed by atoms with Gasteiger partial charge in [-0.3, -0.25) is 9.79 Å². The number of nitrogens with zero attached hydrogens (tertiary/aromatic N) is 3. The molecule has 0 spiro atoms. The van der Waals surface area contributed by atoms with Gasteiger partial charge in [0.1, 0.15) is 5.82 Å². The molecular weight excluding hydrogens is 364 g/mol. The van der Waals surface area contributed by atoms with Crippen LogP contribution in [0.3, 0.4) is 0 Å². The average Bonchev–Trinajstić information content (AvgIpc) is 3.24. The summed E-state index contributed by atoms with van der Waals surface area (Å²) in [6.45, 7) is 3.44. The van der Waals surface area contributed by atoms with Crippen LogP contribution in [0.5, 0.6) is 0 Å². The molecule has 2 heterocycles. The molecule has 0 bridgehead atoms. The molecule has 2 fully saturated rings. The van der Waals surface area contributed by atoms with Crippen LogP contribution in [0, 0.1) is 5.92 Å². The molecule has 3 rings (SSSR count). The smallest absolute Gasteiger partial charge is 0.225 e. The summed E-state index contributed by atoms with van der Waals surface area (Å²) >= 11 is 0. The third-order valence-corrected chi connectivity index (χ3v) is 5.89. The first kappa shape index (κ1) is 21.4. The van der Waals surface area contributed by atoms with Crippen molar-refractivity contribution in [3.05, 3.63) is 24.4 Å². The molecule has 160 valence electrons. The highest BCUT2D eigenvalue weighted by Crippen LogP contribution is 2.26. The van der Waals surface area contributed by atoms with Gasteiger partial charge in [-0.25, -0.2) is 4.98 Å². The van der Waals surface area contributed by atoms with Crippen LogP contribution < -0.4 is 16.0 Å². The Morgan fingerprint density at radius 2 is 2.00 bits per heavy atom. The van der Waals surface area contributed by atoms with Crippen LogP contribution in [0.4, 0.5) is 5.82 Å². The number of pyridine rings is 1. The molecule has 1 unspecified atom stereocenters. The van der Waals surface area contributed by atoms with Crippen LogP contribution in [0.25, 0.3) is 0 Å². The van der Waals surface area contributed by atoms with E-state index < -0.39 is 0 Å². The summed E-state index contributed by atoms with van der Waals surface area (Å²) in [5, 5.41) is 10.2. The van der Waals surface area contributed by atoms with Crippen molar-refractivity contribution < 1.29 is 4.79 Å². The Morgan fingerprint density at radius 3 is 2.76 bits per heavy atom. The molecule has 1 saturated heterocycles. The standard InChI is InChI=1S/C22H36N6O/c1-23-22(26-15-8-7-14-25-20-11-5-6-13-24-20)27-19-12-16-28(17-19)21(29)18-9-3-2-4-10-18/h5-6,11,13,18-19H,2-4,7-10,12,14-17H2,1H3,(H,24,25)(H2,23,26,27). The molecule has 0 aromatic carbocycles. The highest BCUT2D eigenvalue weighted by Gasteiger charge is 2.31. The predicted molar refractivity (Wildman–Crippen MR) is 118 cm³/mol. The number of aliphatic imine (C=N–C) groups is 1. The number of unbranched alkanes of at least 4 members (excludes halogenated alkanes) is 1. The largest absolute Gasteiger partial charge is 0.370 e. The maximum absolute atomic E-state index is 12.7. The Balaban J connectivity index is 1.29. The number of hydrogen-bond donors (Lipinski definition) is 3. The number of carbonyl (C=O) groups is 1. The van der Waals surface area contributed by atoms with E-state index in [1.807, 2.05) is 18.2 Å². The molecule has 0 radical (unpaired) electrons. The predicted octanol–water partition coefficient (Wildman–Crippen LogP) is 2.62. The van der Waals surface area contributed by atoms with Gasteiger partial charge in [-0.1, -0.05) is 25.3 Å². The average molecular weight is 401 g/mol. The van der Waals surface area contributed by atoms with E-state index in [2.05, 4.69) is 30.8 Å². The molecule has 2 aliphatic rings. The van der Waals surface area contributed by atoms with Crippen LogP contribution in [0.15, 0.2) is 29.4 Å². The summed E-state index contributed by atoms with van der Waals surface area (Å²) in [6, 6.07) is 6.18. The SMILES string of the molecule is CN=C(NCCCCNc1ccccn1)NC1CCN(C(=O)C2CCCCC2)C1. The Labute approximate surface area is 174 Å². The van der Waals surface area contributed by atoms with E-state index in [0.29, 0.717) is 11.9 Å². The Morgan fingerprint density at radius 1 is 1.17 bits per heavy atom. The Hall–Kier alpha value is -2.31. The van der Waals surface area contributed by atoms with Gasteiger partial charge in [0.25, 0.3) is 0 Å². The van der Waals surface area contributed by atoms with Crippen LogP contribution in [0.1, 0.15) is 51.4 Å². The summed E-state index contributed by atoms with van der Waals surface area (Å²) in [7, 11) is 1.80. The molecule has 29 heavy (non-hydrogen) atoms. The van der Waals surface area contributed by atoms with Gasteiger partial charge >= 0.3 is 0 Å². The number of aromatic nitrogens is 1. The summed E-state index contributed by atoms with van der Waals surface area (Å²) in [5.41, 5.74) is 0. The second-order valence-corrected chi connectivity index (χ2v) is 8.10. The zero-order chi connectivity index (χ0) is 20.3. The second kappa shape index (κ2) is 11.6. The fourth-order valence-electron chi connectivity index (χ4n) is 4.21. The highest BCUT2D eigenvalue weighted by atomic mass is 16.2. The van der Waals surface area contributed by atoms with Gasteiger partial charge in [-0.05, 0) is 44.2 Å². The van der Waals surface area contributed by atoms with Crippen LogP contribution >= 0.6 is 0 Å². The third kappa shape index (κ3) is 6.91. The molecular formula is C22H36N6O. The van der Waals surface area contributed by atoms with Crippen LogP contribution in [0.2, 0.25) is 0 Å². The summed E-state index contributed by atoms with van der Waals surface area (Å²) in [6.07, 6.45) is 10.8. The van der Waals surface area contributed by atoms with Gasteiger partial charge in [0.05, 0.1) is 0 Å². The van der Waals surface area contributed by atoms with E-state index in [4.69, 9.17) is 0 Å². The fourth-order valence-corrected chi connectivity index (χ4v) is 4.21. The van der Waals surface area contributed by atoms with Crippen molar-refractivity contribution in [2.45, 2.75) is 57.4 Å². The van der Waals surface area contributed by atoms with Crippen molar-refractivity contribution in [3.8, 4) is 0 Å². The molecule has 1 aliphatic heterocycles. The number of guanidine groups is 1. The lowest BCUT2D eigenvalue weighted by molar-refractivity contribution is -0.135. The van der Waals surface area contributed by atoms with E-state index >= 15 is 0 Å². The minimum absolute atomic E-state index is 0.264. The minimum atomic E-state index is 0.264. The van der Waals surface area contributed by atoms with E-state index in [1.54, 1.807) is 13.2 Å². The van der Waals surface area contributed by atoms with Gasteiger partial charge in [0.15, 0.2) is 5.96 Å². The summed E-state index contributed by atoms with van der Waals surface area (Å²) in [4.78, 5) is 23.4. The number of amides is 1. The van der Waals surface area contributed by atoms with Gasteiger partial charge in [0.2, 0.25) is 5.91 Å². The number of hydrogen-bond acceptors (Lipinski definition) is 4. The molecule has 1 saturated carbocycles. The lowest BCUT2D eigenvalue weighted by Crippen LogP contribution is -2.45. The number of likely N-dealkylation sites (tertiary alicyclic amines) is 1. The first-order valence-corrected chi connectivity index (χ1v) is 11.2. The molecule has 1 amide bonds. The molecule has 1 atom stereocenters. The fraction of sp³-hybridized carbons (Fsp3) is 0.682. The van der Waals surface area contributed by atoms with Gasteiger partial charge in [0, 0.05) is 51.4 Å². The molecule has 3 N–H and O–H groups in total. The topological polar surface area (TPSA) is 81.7 Å². The number of carbonyl (C=O) groups excluding carboxylic acids is 1. The quantitative estimate of drug-likeness (QED) is 0.355. The first-order chi connectivity index (χ1) is 14.3. The zero-order valence-corrected chi connectivity index (χ0v) is 17.7. The van der Waals surface area contributed by atoms with Crippen molar-refractivity contribution in [2.75, 3.05) is 38.5 Å². The summed E-state index contributed by atoms with van der Waals surface area (Å²) < 4.78 is 0. The maximum atomic E-state index is 12.7. The monoisotopic (exact) mass is 400 g/mol. The lowest BCUT2D eigenvalue weighted by atomic mass is 9.88. The van der Waals surface area contributed by atoms with Crippen molar-refractivity contribution in [1.29, 1.82) is 0 Å². The van der Waals surface area contributed by atoms with Crippen molar-refractivity contribution >= 4 is 17.7 Å². The Bertz CT molecular complexity index is 644. The van der Waals surface area contributed by atoms with E-state index in [0.717, 1.165) is 70.1 Å². The minimum Gasteiger partial charge on any atom is -0.370 e. The number of nitrogens with one attached hydrogen (secondary N) is 3. The maximum Gasteiger partial charge on any atom is 0.225 e. The third-order valence-electron chi connectivity index (χ3n) is 5.89. The summed E-state index contributed by atoms with van der Waals surface area (Å²) in [5.74, 6) is 2.39. The Kier molecular flexibility index (Phi) is 8.58. The molecule has 1 aliphatic carbocycles. The van der Waals surface area contributed by atoms with Gasteiger partial charge < -0.3 is 20.9 Å². The lowest BCUT2D eigenvalue weighted by Gasteiger charge is -2.26. The van der Waals surface area contributed by atoms with Gasteiger partial charge in [-0.2, -0.15) is 0 Å². The highest BCUT2D eigenvalue weighted by molar-refractivity contribution is 5.81. The molecule has 7 nitrogen and oxygen atoms in total. The van der Waals surface area contributed by atoms with E-state index in [-0.39, 0.29) is 5.92 Å². The van der Waals surface area contributed by atoms with Crippen LogP contribution in [-0.2, 0) is 4.79 Å². The van der Waals surface area contributed by atoms with Crippen molar-refractivity contribution in [3.63, 3.8) is 0 Å². The molecule has 7 heteroatoms. The van der Waals surface area contributed by atoms with Crippen molar-refractivity contribution in [2.24, 2.45) is 10.9 Å². The van der Waals surface area contributed by atoms with E-state index in [9.17, 15) is 4.79 Å². The number of anilines is 1. The molecule has 1 aromatic rings. The van der Waals surface area contributed by atoms with Gasteiger partial charge in [-0.15, -0.1) is 0 Å². The van der Waals surface area contributed by atoms with Crippen LogP contribution in [-0.4, -0.2) is 61.0 Å². The normalized spacial score (nSPS) is 20.5. The second-order valence-electron chi connectivity index (χ2n) is 8.10. The van der Waals surface area contributed by atoms with E-state index in [1.165, 1.54) is 19.3 Å². The first-order valence-electron chi connectivity index (χ1n) is 11.2. The molecule has 1 aromatic heterocycles. The number of rotatable bonds is 8. The zero-order valence-electron chi connectivity index (χ0n) is 17.7.